The molecule has 5 fully saturated rings. The molecule has 9 heteroatoms. The minimum absolute atomic E-state index is 0.0526. The SMILES string of the molecule is CC1CN(C(C)(C)C(=NC2C3CC4CC(C3)CC2C4)NC#N)CCN1c1ccc(C(F)(F)F)cn1. The van der Waals surface area contributed by atoms with Crippen LogP contribution in [0.25, 0.3) is 0 Å². The summed E-state index contributed by atoms with van der Waals surface area (Å²) in [6, 6.07) is 2.90. The molecule has 4 saturated carbocycles. The summed E-state index contributed by atoms with van der Waals surface area (Å²) in [7, 11) is 0. The van der Waals surface area contributed by atoms with Gasteiger partial charge in [0.25, 0.3) is 0 Å². The van der Waals surface area contributed by atoms with Crippen LogP contribution in [0.15, 0.2) is 23.3 Å². The minimum atomic E-state index is -4.39. The van der Waals surface area contributed by atoms with Gasteiger partial charge in [-0.05, 0) is 88.7 Å². The number of aromatic nitrogens is 1. The number of aliphatic imine (C=N–C) groups is 1. The molecule has 6 rings (SSSR count). The maximum absolute atomic E-state index is 12.9. The molecule has 6 nitrogen and oxygen atoms in total. The first kappa shape index (κ1) is 24.4. The van der Waals surface area contributed by atoms with E-state index < -0.39 is 17.3 Å². The van der Waals surface area contributed by atoms with Gasteiger partial charge in [0, 0.05) is 31.9 Å². The van der Waals surface area contributed by atoms with Crippen molar-refractivity contribution in [3.63, 3.8) is 0 Å². The Balaban J connectivity index is 1.31. The molecular formula is C26H35F3N6. The van der Waals surface area contributed by atoms with Crippen LogP contribution >= 0.6 is 0 Å². The molecule has 0 amide bonds. The molecule has 1 aliphatic heterocycles. The molecule has 4 bridgehead atoms. The summed E-state index contributed by atoms with van der Waals surface area (Å²) < 4.78 is 38.8. The highest BCUT2D eigenvalue weighted by atomic mass is 19.4. The third-order valence-corrected chi connectivity index (χ3v) is 9.00. The lowest BCUT2D eigenvalue weighted by atomic mass is 9.54. The van der Waals surface area contributed by atoms with Crippen molar-refractivity contribution in [3.05, 3.63) is 23.9 Å². The summed E-state index contributed by atoms with van der Waals surface area (Å²) in [6.07, 6.45) is 5.15. The molecule has 1 N–H and O–H groups in total. The summed E-state index contributed by atoms with van der Waals surface area (Å²) in [5, 5.41) is 12.5. The fourth-order valence-electron chi connectivity index (χ4n) is 7.33. The first-order valence-corrected chi connectivity index (χ1v) is 12.8. The van der Waals surface area contributed by atoms with Crippen LogP contribution in [0.1, 0.15) is 58.4 Å². The van der Waals surface area contributed by atoms with Gasteiger partial charge in [-0.2, -0.15) is 18.4 Å². The van der Waals surface area contributed by atoms with Gasteiger partial charge >= 0.3 is 6.18 Å². The van der Waals surface area contributed by atoms with Crippen LogP contribution in [0.4, 0.5) is 19.0 Å². The van der Waals surface area contributed by atoms with Crippen LogP contribution in [0.3, 0.4) is 0 Å². The number of rotatable bonds is 4. The van der Waals surface area contributed by atoms with Crippen molar-refractivity contribution in [3.8, 4) is 6.19 Å². The van der Waals surface area contributed by atoms with Crippen LogP contribution in [0.5, 0.6) is 0 Å². The molecule has 2 heterocycles. The van der Waals surface area contributed by atoms with Gasteiger partial charge in [-0.1, -0.05) is 0 Å². The topological polar surface area (TPSA) is 67.6 Å². The normalized spacial score (nSPS) is 33.6. The van der Waals surface area contributed by atoms with Gasteiger partial charge in [-0.3, -0.25) is 15.2 Å². The third kappa shape index (κ3) is 4.62. The quantitative estimate of drug-likeness (QED) is 0.288. The molecule has 35 heavy (non-hydrogen) atoms. The first-order chi connectivity index (χ1) is 16.6. The van der Waals surface area contributed by atoms with Gasteiger partial charge in [-0.15, -0.1) is 0 Å². The lowest BCUT2D eigenvalue weighted by Crippen LogP contribution is -2.63. The Kier molecular flexibility index (Phi) is 6.23. The van der Waals surface area contributed by atoms with Gasteiger partial charge in [0.15, 0.2) is 6.19 Å². The molecule has 1 aromatic heterocycles. The zero-order chi connectivity index (χ0) is 25.0. The van der Waals surface area contributed by atoms with Gasteiger partial charge in [0.05, 0.1) is 17.1 Å². The van der Waals surface area contributed by atoms with Crippen molar-refractivity contribution in [2.75, 3.05) is 24.5 Å². The number of nitriles is 1. The molecule has 4 aliphatic carbocycles. The van der Waals surface area contributed by atoms with E-state index >= 15 is 0 Å². The number of alkyl halides is 3. The minimum Gasteiger partial charge on any atom is -0.351 e. The van der Waals surface area contributed by atoms with Crippen LogP contribution < -0.4 is 10.2 Å². The van der Waals surface area contributed by atoms with Crippen LogP contribution in [0.2, 0.25) is 0 Å². The molecule has 1 saturated heterocycles. The molecule has 1 aromatic rings. The molecular weight excluding hydrogens is 453 g/mol. The maximum Gasteiger partial charge on any atom is 0.417 e. The highest BCUT2D eigenvalue weighted by Gasteiger charge is 2.49. The zero-order valence-corrected chi connectivity index (χ0v) is 20.7. The zero-order valence-electron chi connectivity index (χ0n) is 20.7. The van der Waals surface area contributed by atoms with E-state index in [4.69, 9.17) is 4.99 Å². The largest absolute Gasteiger partial charge is 0.417 e. The van der Waals surface area contributed by atoms with Crippen LogP contribution in [-0.2, 0) is 6.18 Å². The number of halogens is 3. The lowest BCUT2D eigenvalue weighted by Gasteiger charge is -2.53. The number of anilines is 1. The smallest absolute Gasteiger partial charge is 0.351 e. The van der Waals surface area contributed by atoms with E-state index in [0.717, 1.165) is 29.9 Å². The van der Waals surface area contributed by atoms with E-state index in [0.29, 0.717) is 43.3 Å². The van der Waals surface area contributed by atoms with E-state index in [1.807, 2.05) is 0 Å². The number of nitrogens with zero attached hydrogens (tertiary/aromatic N) is 5. The molecule has 1 atom stereocenters. The molecule has 0 spiro atoms. The summed E-state index contributed by atoms with van der Waals surface area (Å²) >= 11 is 0. The number of hydrogen-bond acceptors (Lipinski definition) is 5. The Morgan fingerprint density at radius 2 is 1.74 bits per heavy atom. The highest BCUT2D eigenvalue weighted by Crippen LogP contribution is 2.54. The van der Waals surface area contributed by atoms with Crippen molar-refractivity contribution in [2.45, 2.75) is 76.7 Å². The predicted octanol–water partition coefficient (Wildman–Crippen LogP) is 4.68. The average molecular weight is 489 g/mol. The lowest BCUT2D eigenvalue weighted by molar-refractivity contribution is -0.137. The van der Waals surface area contributed by atoms with Crippen molar-refractivity contribution < 1.29 is 13.2 Å². The standard InChI is InChI=1S/C26H35F3N6/c1-16-14-34(6-7-35(16)22-5-4-21(13-31-22)26(27,28)29)25(2,3)24(32-15-30)33-23-19-9-17-8-18(11-19)12-20(23)10-17/h4-5,13,16-20,23H,6-12,14H2,1-3H3,(H,32,33). The molecule has 0 radical (unpaired) electrons. The third-order valence-electron chi connectivity index (χ3n) is 9.00. The predicted molar refractivity (Wildman–Crippen MR) is 129 cm³/mol. The molecule has 190 valence electrons. The summed E-state index contributed by atoms with van der Waals surface area (Å²) in [5.41, 5.74) is -1.19. The summed E-state index contributed by atoms with van der Waals surface area (Å²) in [5.74, 6) is 4.32. The number of amidine groups is 1. The Bertz CT molecular complexity index is 968. The summed E-state index contributed by atoms with van der Waals surface area (Å²) in [4.78, 5) is 13.7. The monoisotopic (exact) mass is 488 g/mol. The van der Waals surface area contributed by atoms with E-state index in [9.17, 15) is 18.4 Å². The van der Waals surface area contributed by atoms with Gasteiger partial charge < -0.3 is 4.90 Å². The Labute approximate surface area is 205 Å². The number of hydrogen-bond donors (Lipinski definition) is 1. The second-order valence-electron chi connectivity index (χ2n) is 11.6. The average Bonchev–Trinajstić information content (AvgIpc) is 2.79. The van der Waals surface area contributed by atoms with E-state index in [2.05, 4.69) is 47.1 Å². The van der Waals surface area contributed by atoms with E-state index in [-0.39, 0.29) is 6.04 Å². The Morgan fingerprint density at radius 3 is 2.26 bits per heavy atom. The molecule has 0 aromatic carbocycles. The highest BCUT2D eigenvalue weighted by molar-refractivity contribution is 5.92. The van der Waals surface area contributed by atoms with E-state index in [1.54, 1.807) is 0 Å². The van der Waals surface area contributed by atoms with Crippen molar-refractivity contribution >= 4 is 11.7 Å². The number of nitrogens with one attached hydrogen (secondary N) is 1. The van der Waals surface area contributed by atoms with E-state index in [1.165, 1.54) is 38.2 Å². The first-order valence-electron chi connectivity index (χ1n) is 12.8. The van der Waals surface area contributed by atoms with Gasteiger partial charge in [0.2, 0.25) is 0 Å². The molecule has 5 aliphatic rings. The molecule has 1 unspecified atom stereocenters. The second-order valence-corrected chi connectivity index (χ2v) is 11.6. The number of piperazine rings is 1. The Hall–Kier alpha value is -2.34. The summed E-state index contributed by atoms with van der Waals surface area (Å²) in [6.45, 7) is 8.34. The maximum atomic E-state index is 12.9. The van der Waals surface area contributed by atoms with Gasteiger partial charge in [0.1, 0.15) is 11.7 Å². The van der Waals surface area contributed by atoms with Crippen molar-refractivity contribution in [1.82, 2.24) is 15.2 Å². The van der Waals surface area contributed by atoms with Crippen LogP contribution in [0, 0.1) is 35.1 Å². The van der Waals surface area contributed by atoms with Crippen molar-refractivity contribution in [1.29, 1.82) is 5.26 Å². The fourth-order valence-corrected chi connectivity index (χ4v) is 7.33. The van der Waals surface area contributed by atoms with Crippen LogP contribution in [-0.4, -0.2) is 53.0 Å². The Morgan fingerprint density at radius 1 is 1.09 bits per heavy atom. The fraction of sp³-hybridized carbons (Fsp3) is 0.731. The second kappa shape index (κ2) is 8.95. The number of pyridine rings is 1. The van der Waals surface area contributed by atoms with Gasteiger partial charge in [-0.25, -0.2) is 4.98 Å². The van der Waals surface area contributed by atoms with Crippen molar-refractivity contribution in [2.24, 2.45) is 28.7 Å².